The van der Waals surface area contributed by atoms with Crippen molar-refractivity contribution in [2.75, 3.05) is 19.7 Å². The Hall–Kier alpha value is -2.68. The van der Waals surface area contributed by atoms with Gasteiger partial charge in [0.05, 0.1) is 19.2 Å². The van der Waals surface area contributed by atoms with Gasteiger partial charge in [0, 0.05) is 31.3 Å². The zero-order chi connectivity index (χ0) is 25.0. The van der Waals surface area contributed by atoms with Crippen molar-refractivity contribution in [2.45, 2.75) is 89.4 Å². The molecule has 0 radical (unpaired) electrons. The van der Waals surface area contributed by atoms with E-state index >= 15 is 0 Å². The van der Waals surface area contributed by atoms with E-state index in [4.69, 9.17) is 14.5 Å². The fourth-order valence-electron chi connectivity index (χ4n) is 5.22. The molecule has 2 amide bonds. The summed E-state index contributed by atoms with van der Waals surface area (Å²) in [5.41, 5.74) is 3.09. The zero-order valence-corrected chi connectivity index (χ0v) is 20.8. The Morgan fingerprint density at radius 3 is 2.69 bits per heavy atom. The third-order valence-electron chi connectivity index (χ3n) is 7.42. The second kappa shape index (κ2) is 10.9. The first-order valence-corrected chi connectivity index (χ1v) is 12.8. The van der Waals surface area contributed by atoms with Crippen molar-refractivity contribution in [1.82, 2.24) is 15.2 Å². The van der Waals surface area contributed by atoms with Crippen LogP contribution >= 0.6 is 0 Å². The maximum absolute atomic E-state index is 12.2. The highest BCUT2D eigenvalue weighted by molar-refractivity contribution is 5.80. The number of carboxylic acids is 1. The average molecular weight is 488 g/mol. The largest absolute Gasteiger partial charge is 0.480 e. The highest BCUT2D eigenvalue weighted by Crippen LogP contribution is 2.34. The standard InChI is InChI=1S/C26H37N3O6/c1-17(30)29-15-26(2,16-29)35-25(33)28-23(24(31)32)11-12-34-21-13-18(14-21)7-9-20-10-8-19-5-3-4-6-22(19)27-20/h8,10,18,21,23H,3-7,9,11-16H2,1-2H3,(H,28,33)(H,31,32). The topological polar surface area (TPSA) is 118 Å². The highest BCUT2D eigenvalue weighted by atomic mass is 16.6. The molecule has 2 N–H and O–H groups in total. The van der Waals surface area contributed by atoms with Gasteiger partial charge in [-0.2, -0.15) is 0 Å². The highest BCUT2D eigenvalue weighted by Gasteiger charge is 2.44. The molecule has 35 heavy (non-hydrogen) atoms. The number of alkyl carbamates (subject to hydrolysis) is 1. The van der Waals surface area contributed by atoms with Crippen molar-refractivity contribution in [1.29, 1.82) is 0 Å². The number of fused-ring (bicyclic) bond motifs is 1. The Kier molecular flexibility index (Phi) is 7.94. The van der Waals surface area contributed by atoms with Crippen LogP contribution in [0.1, 0.15) is 69.3 Å². The van der Waals surface area contributed by atoms with Crippen LogP contribution in [-0.2, 0) is 38.3 Å². The average Bonchev–Trinajstić information content (AvgIpc) is 2.77. The Labute approximate surface area is 206 Å². The van der Waals surface area contributed by atoms with Crippen LogP contribution in [-0.4, -0.2) is 70.4 Å². The summed E-state index contributed by atoms with van der Waals surface area (Å²) in [5, 5.41) is 11.9. The van der Waals surface area contributed by atoms with Crippen molar-refractivity contribution < 1.29 is 29.0 Å². The normalized spacial score (nSPS) is 23.3. The van der Waals surface area contributed by atoms with Crippen molar-refractivity contribution >= 4 is 18.0 Å². The minimum atomic E-state index is -1.13. The van der Waals surface area contributed by atoms with Gasteiger partial charge in [0.2, 0.25) is 5.91 Å². The lowest BCUT2D eigenvalue weighted by atomic mass is 9.79. The second-order valence-electron chi connectivity index (χ2n) is 10.5. The van der Waals surface area contributed by atoms with Crippen molar-refractivity contribution in [2.24, 2.45) is 5.92 Å². The monoisotopic (exact) mass is 487 g/mol. The lowest BCUT2D eigenvalue weighted by Crippen LogP contribution is -2.64. The van der Waals surface area contributed by atoms with E-state index in [0.717, 1.165) is 38.5 Å². The Morgan fingerprint density at radius 1 is 1.23 bits per heavy atom. The smallest absolute Gasteiger partial charge is 0.408 e. The number of ether oxygens (including phenoxy) is 2. The summed E-state index contributed by atoms with van der Waals surface area (Å²) in [5.74, 6) is -0.599. The quantitative estimate of drug-likeness (QED) is 0.521. The van der Waals surface area contributed by atoms with Gasteiger partial charge in [-0.1, -0.05) is 6.07 Å². The molecule has 3 aliphatic rings. The number of aryl methyl sites for hydroxylation is 3. The third-order valence-corrected chi connectivity index (χ3v) is 7.42. The number of nitrogens with zero attached hydrogens (tertiary/aromatic N) is 2. The van der Waals surface area contributed by atoms with E-state index in [1.807, 2.05) is 0 Å². The molecular weight excluding hydrogens is 450 g/mol. The molecule has 1 aromatic rings. The van der Waals surface area contributed by atoms with Gasteiger partial charge in [0.15, 0.2) is 0 Å². The van der Waals surface area contributed by atoms with Crippen LogP contribution in [0.3, 0.4) is 0 Å². The molecule has 0 bridgehead atoms. The van der Waals surface area contributed by atoms with E-state index < -0.39 is 23.7 Å². The van der Waals surface area contributed by atoms with E-state index in [-0.39, 0.29) is 25.0 Å². The van der Waals surface area contributed by atoms with Crippen LogP contribution < -0.4 is 5.32 Å². The minimum absolute atomic E-state index is 0.0828. The summed E-state index contributed by atoms with van der Waals surface area (Å²) in [6.07, 6.45) is 8.32. The van der Waals surface area contributed by atoms with Crippen molar-refractivity contribution in [3.63, 3.8) is 0 Å². The van der Waals surface area contributed by atoms with Crippen LogP contribution in [0.2, 0.25) is 0 Å². The molecule has 192 valence electrons. The molecule has 2 heterocycles. The van der Waals surface area contributed by atoms with Gasteiger partial charge in [-0.3, -0.25) is 9.78 Å². The van der Waals surface area contributed by atoms with Crippen LogP contribution in [0.15, 0.2) is 12.1 Å². The Balaban J connectivity index is 1.10. The molecule has 2 fully saturated rings. The molecule has 9 heteroatoms. The van der Waals surface area contributed by atoms with Crippen molar-refractivity contribution in [3.05, 3.63) is 29.1 Å². The van der Waals surface area contributed by atoms with Gasteiger partial charge in [-0.25, -0.2) is 9.59 Å². The predicted octanol–water partition coefficient (Wildman–Crippen LogP) is 2.88. The zero-order valence-electron chi connectivity index (χ0n) is 20.8. The van der Waals surface area contributed by atoms with Gasteiger partial charge >= 0.3 is 12.1 Å². The number of carboxylic acid groups (broad SMARTS) is 1. The number of hydrogen-bond donors (Lipinski definition) is 2. The molecule has 4 rings (SSSR count). The van der Waals surface area contributed by atoms with Gasteiger partial charge in [0.25, 0.3) is 0 Å². The lowest BCUT2D eigenvalue weighted by molar-refractivity contribution is -0.150. The molecule has 0 spiro atoms. The number of pyridine rings is 1. The molecule has 1 aliphatic heterocycles. The third kappa shape index (κ3) is 6.72. The van der Waals surface area contributed by atoms with E-state index in [2.05, 4.69) is 17.4 Å². The van der Waals surface area contributed by atoms with Crippen LogP contribution in [0.5, 0.6) is 0 Å². The Morgan fingerprint density at radius 2 is 1.97 bits per heavy atom. The first-order chi connectivity index (χ1) is 16.7. The summed E-state index contributed by atoms with van der Waals surface area (Å²) in [7, 11) is 0. The molecule has 1 saturated heterocycles. The maximum atomic E-state index is 12.2. The number of nitrogens with one attached hydrogen (secondary N) is 1. The first-order valence-electron chi connectivity index (χ1n) is 12.8. The fraction of sp³-hybridized carbons (Fsp3) is 0.692. The predicted molar refractivity (Wildman–Crippen MR) is 128 cm³/mol. The first kappa shape index (κ1) is 25.4. The van der Waals surface area contributed by atoms with E-state index in [0.29, 0.717) is 19.0 Å². The molecule has 1 saturated carbocycles. The number of rotatable bonds is 10. The number of likely N-dealkylation sites (tertiary alicyclic amines) is 1. The van der Waals surface area contributed by atoms with E-state index in [1.165, 1.54) is 36.7 Å². The minimum Gasteiger partial charge on any atom is -0.480 e. The van der Waals surface area contributed by atoms with Gasteiger partial charge in [-0.05, 0) is 75.8 Å². The van der Waals surface area contributed by atoms with Crippen molar-refractivity contribution in [3.8, 4) is 0 Å². The molecule has 2 aliphatic carbocycles. The summed E-state index contributed by atoms with van der Waals surface area (Å²) in [6.45, 7) is 4.05. The van der Waals surface area contributed by atoms with Crippen LogP contribution in [0, 0.1) is 5.92 Å². The Bertz CT molecular complexity index is 939. The number of hydrogen-bond acceptors (Lipinski definition) is 6. The van der Waals surface area contributed by atoms with E-state index in [1.54, 1.807) is 11.8 Å². The van der Waals surface area contributed by atoms with Gasteiger partial charge < -0.3 is 24.8 Å². The molecular formula is C26H37N3O6. The van der Waals surface area contributed by atoms with Crippen LogP contribution in [0.4, 0.5) is 4.79 Å². The fourth-order valence-corrected chi connectivity index (χ4v) is 5.22. The molecule has 1 atom stereocenters. The summed E-state index contributed by atoms with van der Waals surface area (Å²) >= 11 is 0. The van der Waals surface area contributed by atoms with Gasteiger partial charge in [0.1, 0.15) is 11.6 Å². The summed E-state index contributed by atoms with van der Waals surface area (Å²) < 4.78 is 11.2. The second-order valence-corrected chi connectivity index (χ2v) is 10.5. The molecule has 1 unspecified atom stereocenters. The number of aliphatic carboxylic acids is 1. The number of aromatic nitrogens is 1. The number of carbonyl (C=O) groups excluding carboxylic acids is 2. The van der Waals surface area contributed by atoms with Crippen LogP contribution in [0.25, 0.3) is 0 Å². The molecule has 9 nitrogen and oxygen atoms in total. The maximum Gasteiger partial charge on any atom is 0.408 e. The molecule has 0 aromatic carbocycles. The summed E-state index contributed by atoms with van der Waals surface area (Å²) in [4.78, 5) is 41.5. The summed E-state index contributed by atoms with van der Waals surface area (Å²) in [6, 6.07) is 3.34. The number of carbonyl (C=O) groups is 3. The SMILES string of the molecule is CC(=O)N1CC(C)(OC(=O)NC(CCOC2CC(CCc3ccc4c(n3)CCCC4)C2)C(=O)O)C1. The van der Waals surface area contributed by atoms with E-state index in [9.17, 15) is 19.5 Å². The number of amides is 2. The molecule has 1 aromatic heterocycles. The van der Waals surface area contributed by atoms with Gasteiger partial charge in [-0.15, -0.1) is 0 Å². The lowest BCUT2D eigenvalue weighted by Gasteiger charge is -2.46.